The van der Waals surface area contributed by atoms with Gasteiger partial charge in [0.1, 0.15) is 18.1 Å². The number of rotatable bonds is 8. The molecular weight excluding hydrogens is 400 g/mol. The highest BCUT2D eigenvalue weighted by Crippen LogP contribution is 2.28. The van der Waals surface area contributed by atoms with E-state index in [2.05, 4.69) is 46.3 Å². The van der Waals surface area contributed by atoms with E-state index < -0.39 is 0 Å². The van der Waals surface area contributed by atoms with Crippen LogP contribution in [0.1, 0.15) is 36.3 Å². The van der Waals surface area contributed by atoms with Gasteiger partial charge in [-0.2, -0.15) is 4.98 Å². The highest BCUT2D eigenvalue weighted by Gasteiger charge is 2.19. The number of aromatic nitrogens is 1. The molecule has 0 unspecified atom stereocenters. The van der Waals surface area contributed by atoms with Gasteiger partial charge in [-0.25, -0.2) is 0 Å². The lowest BCUT2D eigenvalue weighted by Crippen LogP contribution is -2.36. The van der Waals surface area contributed by atoms with Crippen LogP contribution in [0.4, 0.5) is 0 Å². The number of hydrogen-bond acceptors (Lipinski definition) is 5. The minimum atomic E-state index is 0.297. The van der Waals surface area contributed by atoms with Crippen LogP contribution in [0.2, 0.25) is 0 Å². The Kier molecular flexibility index (Phi) is 6.54. The Morgan fingerprint density at radius 3 is 2.53 bits per heavy atom. The molecule has 0 bridgehead atoms. The van der Waals surface area contributed by atoms with Crippen molar-refractivity contribution in [1.29, 1.82) is 0 Å². The normalized spacial score (nSPS) is 16.6. The number of nitrogens with zero attached hydrogens (tertiary/aromatic N) is 2. The first-order chi connectivity index (χ1) is 15.8. The van der Waals surface area contributed by atoms with E-state index in [0.29, 0.717) is 18.4 Å². The first-order valence-electron chi connectivity index (χ1n) is 11.6. The number of likely N-dealkylation sites (tertiary alicyclic amines) is 1. The molecule has 5 nitrogen and oxygen atoms in total. The number of fused-ring (bicyclic) bond motifs is 1. The summed E-state index contributed by atoms with van der Waals surface area (Å²) >= 11 is 0. The highest BCUT2D eigenvalue weighted by atomic mass is 16.6. The number of hydrogen-bond donors (Lipinski definition) is 0. The van der Waals surface area contributed by atoms with Gasteiger partial charge < -0.3 is 13.9 Å². The van der Waals surface area contributed by atoms with E-state index in [1.807, 2.05) is 30.3 Å². The fourth-order valence-corrected chi connectivity index (χ4v) is 4.46. The molecule has 32 heavy (non-hydrogen) atoms. The van der Waals surface area contributed by atoms with Gasteiger partial charge in [0.25, 0.3) is 0 Å². The molecule has 1 aliphatic heterocycles. The zero-order chi connectivity index (χ0) is 21.6. The SMILES string of the molecule is C1=Cc2oc(Oc3ccc(OCCN4CCC(Cc5ccccc5)CC4)cc3)nc2CC1. The number of aryl methyl sites for hydroxylation is 1. The zero-order valence-electron chi connectivity index (χ0n) is 18.4. The molecule has 0 amide bonds. The van der Waals surface area contributed by atoms with Gasteiger partial charge in [0.2, 0.25) is 0 Å². The van der Waals surface area contributed by atoms with Gasteiger partial charge in [0.15, 0.2) is 5.76 Å². The summed E-state index contributed by atoms with van der Waals surface area (Å²) < 4.78 is 17.4. The van der Waals surface area contributed by atoms with Gasteiger partial charge in [-0.15, -0.1) is 0 Å². The Hall–Kier alpha value is -3.05. The molecule has 5 heteroatoms. The third-order valence-corrected chi connectivity index (χ3v) is 6.30. The number of piperidine rings is 1. The van der Waals surface area contributed by atoms with Gasteiger partial charge in [-0.3, -0.25) is 4.90 Å². The van der Waals surface area contributed by atoms with E-state index in [9.17, 15) is 0 Å². The quantitative estimate of drug-likeness (QED) is 0.455. The predicted molar refractivity (Wildman–Crippen MR) is 125 cm³/mol. The lowest BCUT2D eigenvalue weighted by atomic mass is 9.90. The molecule has 1 saturated heterocycles. The average molecular weight is 431 g/mol. The van der Waals surface area contributed by atoms with Crippen LogP contribution in [0.15, 0.2) is 65.1 Å². The molecule has 5 rings (SSSR count). The number of benzene rings is 2. The molecule has 0 spiro atoms. The molecule has 2 heterocycles. The summed E-state index contributed by atoms with van der Waals surface area (Å²) in [7, 11) is 0. The Balaban J connectivity index is 1.03. The highest BCUT2D eigenvalue weighted by molar-refractivity contribution is 5.48. The van der Waals surface area contributed by atoms with E-state index in [-0.39, 0.29) is 0 Å². The van der Waals surface area contributed by atoms with Crippen LogP contribution in [0.5, 0.6) is 17.6 Å². The summed E-state index contributed by atoms with van der Waals surface area (Å²) in [5, 5.41) is 0. The number of ether oxygens (including phenoxy) is 2. The molecule has 0 saturated carbocycles. The third kappa shape index (κ3) is 5.40. The van der Waals surface area contributed by atoms with Gasteiger partial charge >= 0.3 is 6.08 Å². The van der Waals surface area contributed by atoms with Crippen molar-refractivity contribution in [2.75, 3.05) is 26.2 Å². The second-order valence-electron chi connectivity index (χ2n) is 8.63. The van der Waals surface area contributed by atoms with Crippen molar-refractivity contribution in [2.24, 2.45) is 5.92 Å². The summed E-state index contributed by atoms with van der Waals surface area (Å²) in [6, 6.07) is 18.5. The summed E-state index contributed by atoms with van der Waals surface area (Å²) in [5.74, 6) is 3.15. The van der Waals surface area contributed by atoms with Crippen LogP contribution < -0.4 is 9.47 Å². The molecule has 2 aromatic carbocycles. The molecule has 1 aliphatic carbocycles. The molecule has 3 aromatic rings. The first-order valence-corrected chi connectivity index (χ1v) is 11.6. The molecule has 166 valence electrons. The van der Waals surface area contributed by atoms with Crippen LogP contribution in [0.25, 0.3) is 6.08 Å². The number of oxazole rings is 1. The van der Waals surface area contributed by atoms with E-state index in [0.717, 1.165) is 55.6 Å². The summed E-state index contributed by atoms with van der Waals surface area (Å²) in [5.41, 5.74) is 2.42. The molecule has 2 aliphatic rings. The van der Waals surface area contributed by atoms with E-state index >= 15 is 0 Å². The lowest BCUT2D eigenvalue weighted by Gasteiger charge is -2.31. The minimum absolute atomic E-state index is 0.297. The van der Waals surface area contributed by atoms with Gasteiger partial charge in [-0.05, 0) is 87.0 Å². The van der Waals surface area contributed by atoms with Gasteiger partial charge in [0, 0.05) is 6.54 Å². The third-order valence-electron chi connectivity index (χ3n) is 6.30. The lowest BCUT2D eigenvalue weighted by molar-refractivity contribution is 0.155. The largest absolute Gasteiger partial charge is 0.492 e. The standard InChI is InChI=1S/C27H30N2O3/c1-2-6-21(7-3-1)20-22-14-16-29(17-15-22)18-19-30-23-10-12-24(13-11-23)31-27-28-25-8-4-5-9-26(25)32-27/h1-3,5-7,9-13,22H,4,8,14-20H2. The first kappa shape index (κ1) is 20.8. The minimum Gasteiger partial charge on any atom is -0.492 e. The Morgan fingerprint density at radius 1 is 0.969 bits per heavy atom. The van der Waals surface area contributed by atoms with Crippen LogP contribution in [-0.4, -0.2) is 36.1 Å². The summed E-state index contributed by atoms with van der Waals surface area (Å²) in [6.07, 6.45) is 9.98. The second kappa shape index (κ2) is 10.0. The maximum Gasteiger partial charge on any atom is 0.399 e. The maximum atomic E-state index is 5.96. The number of allylic oxidation sites excluding steroid dienone is 1. The smallest absolute Gasteiger partial charge is 0.399 e. The fraction of sp³-hybridized carbons (Fsp3) is 0.370. The second-order valence-corrected chi connectivity index (χ2v) is 8.63. The van der Waals surface area contributed by atoms with Crippen molar-refractivity contribution in [3.8, 4) is 17.6 Å². The van der Waals surface area contributed by atoms with Crippen molar-refractivity contribution >= 4 is 6.08 Å². The van der Waals surface area contributed by atoms with Crippen molar-refractivity contribution in [3.63, 3.8) is 0 Å². The molecule has 1 aromatic heterocycles. The van der Waals surface area contributed by atoms with Crippen LogP contribution in [0, 0.1) is 5.92 Å². The van der Waals surface area contributed by atoms with Crippen molar-refractivity contribution < 1.29 is 13.9 Å². The monoisotopic (exact) mass is 430 g/mol. The summed E-state index contributed by atoms with van der Waals surface area (Å²) in [6.45, 7) is 3.97. The Labute approximate surface area is 189 Å². The zero-order valence-corrected chi connectivity index (χ0v) is 18.4. The topological polar surface area (TPSA) is 47.7 Å². The molecule has 0 atom stereocenters. The van der Waals surface area contributed by atoms with E-state index in [1.165, 1.54) is 24.8 Å². The van der Waals surface area contributed by atoms with Crippen LogP contribution >= 0.6 is 0 Å². The Morgan fingerprint density at radius 2 is 1.75 bits per heavy atom. The molecule has 1 fully saturated rings. The molecular formula is C27H30N2O3. The van der Waals surface area contributed by atoms with E-state index in [1.54, 1.807) is 0 Å². The van der Waals surface area contributed by atoms with Crippen molar-refractivity contribution in [2.45, 2.75) is 32.1 Å². The predicted octanol–water partition coefficient (Wildman–Crippen LogP) is 5.76. The Bertz CT molecular complexity index is 1020. The van der Waals surface area contributed by atoms with Crippen LogP contribution in [0.3, 0.4) is 0 Å². The van der Waals surface area contributed by atoms with Gasteiger partial charge in [-0.1, -0.05) is 36.4 Å². The van der Waals surface area contributed by atoms with Crippen molar-refractivity contribution in [3.05, 3.63) is 77.7 Å². The summed E-state index contributed by atoms with van der Waals surface area (Å²) in [4.78, 5) is 6.93. The fourth-order valence-electron chi connectivity index (χ4n) is 4.46. The van der Waals surface area contributed by atoms with Crippen molar-refractivity contribution in [1.82, 2.24) is 9.88 Å². The van der Waals surface area contributed by atoms with Crippen LogP contribution in [-0.2, 0) is 12.8 Å². The maximum absolute atomic E-state index is 5.96. The average Bonchev–Trinajstić information content (AvgIpc) is 3.24. The van der Waals surface area contributed by atoms with E-state index in [4.69, 9.17) is 13.9 Å². The molecule has 0 radical (unpaired) electrons. The van der Waals surface area contributed by atoms with Gasteiger partial charge in [0.05, 0.1) is 5.69 Å². The molecule has 0 N–H and O–H groups in total.